The molecule has 0 radical (unpaired) electrons. The van der Waals surface area contributed by atoms with Crippen molar-refractivity contribution in [3.63, 3.8) is 0 Å². The molecule has 2 aliphatic rings. The average molecular weight is 372 g/mol. The van der Waals surface area contributed by atoms with Gasteiger partial charge < -0.3 is 19.4 Å². The zero-order chi connectivity index (χ0) is 18.1. The maximum Gasteiger partial charge on any atom is 0.265 e. The summed E-state index contributed by atoms with van der Waals surface area (Å²) in [5.74, 6) is 0.965. The minimum absolute atomic E-state index is 0.0874. The van der Waals surface area contributed by atoms with Crippen molar-refractivity contribution in [2.24, 2.45) is 0 Å². The molecule has 6 nitrogen and oxygen atoms in total. The number of hydrogen-bond acceptors (Lipinski definition) is 6. The zero-order valence-electron chi connectivity index (χ0n) is 15.3. The number of carbonyl (C=O) groups is 1. The summed E-state index contributed by atoms with van der Waals surface area (Å²) in [4.78, 5) is 24.7. The van der Waals surface area contributed by atoms with Crippen LogP contribution in [0.25, 0.3) is 0 Å². The number of rotatable bonds is 3. The van der Waals surface area contributed by atoms with Crippen LogP contribution in [-0.4, -0.2) is 67.6 Å². The van der Waals surface area contributed by atoms with E-state index in [0.29, 0.717) is 6.54 Å². The van der Waals surface area contributed by atoms with Crippen LogP contribution < -0.4 is 9.64 Å². The summed E-state index contributed by atoms with van der Waals surface area (Å²) in [6.45, 7) is 5.40. The van der Waals surface area contributed by atoms with Crippen LogP contribution in [0.3, 0.4) is 0 Å². The number of likely N-dealkylation sites (N-methyl/N-ethyl adjacent to an activating group) is 1. The predicted molar refractivity (Wildman–Crippen MR) is 103 cm³/mol. The van der Waals surface area contributed by atoms with E-state index in [0.717, 1.165) is 54.9 Å². The summed E-state index contributed by atoms with van der Waals surface area (Å²) in [6, 6.07) is 6.11. The van der Waals surface area contributed by atoms with Gasteiger partial charge in [-0.1, -0.05) is 17.4 Å². The van der Waals surface area contributed by atoms with Gasteiger partial charge in [0, 0.05) is 39.3 Å². The third kappa shape index (κ3) is 3.41. The van der Waals surface area contributed by atoms with E-state index in [1.165, 1.54) is 22.5 Å². The van der Waals surface area contributed by atoms with Gasteiger partial charge in [0.05, 0.1) is 13.3 Å². The van der Waals surface area contributed by atoms with E-state index in [9.17, 15) is 4.79 Å². The van der Waals surface area contributed by atoms with E-state index in [4.69, 9.17) is 4.74 Å². The number of benzene rings is 1. The first-order chi connectivity index (χ1) is 12.6. The Morgan fingerprint density at radius 2 is 1.96 bits per heavy atom. The van der Waals surface area contributed by atoms with Crippen LogP contribution in [0.15, 0.2) is 24.4 Å². The molecule has 4 rings (SSSR count). The molecule has 138 valence electrons. The number of aromatic nitrogens is 1. The molecular weight excluding hydrogens is 348 g/mol. The summed E-state index contributed by atoms with van der Waals surface area (Å²) in [5, 5.41) is 0.962. The van der Waals surface area contributed by atoms with Crippen LogP contribution in [0.5, 0.6) is 5.75 Å². The highest BCUT2D eigenvalue weighted by atomic mass is 32.1. The van der Waals surface area contributed by atoms with E-state index in [1.54, 1.807) is 13.3 Å². The maximum absolute atomic E-state index is 12.9. The van der Waals surface area contributed by atoms with Crippen molar-refractivity contribution in [2.75, 3.05) is 51.8 Å². The highest BCUT2D eigenvalue weighted by Gasteiger charge is 2.25. The van der Waals surface area contributed by atoms with Gasteiger partial charge >= 0.3 is 0 Å². The Labute approximate surface area is 158 Å². The van der Waals surface area contributed by atoms with Gasteiger partial charge in [0.25, 0.3) is 5.91 Å². The lowest BCUT2D eigenvalue weighted by Crippen LogP contribution is -2.44. The number of piperazine rings is 1. The molecule has 1 amide bonds. The number of hydrogen-bond donors (Lipinski definition) is 0. The topological polar surface area (TPSA) is 48.9 Å². The van der Waals surface area contributed by atoms with Crippen LogP contribution in [0, 0.1) is 0 Å². The SMILES string of the molecule is COc1ccc2c(c1)CCN(C(=O)c1cnc(N3CCN(C)CC3)s1)C2. The Bertz CT molecular complexity index is 799. The molecule has 0 atom stereocenters. The van der Waals surface area contributed by atoms with Crippen molar-refractivity contribution < 1.29 is 9.53 Å². The molecule has 0 unspecified atom stereocenters. The van der Waals surface area contributed by atoms with E-state index >= 15 is 0 Å². The standard InChI is InChI=1S/C19H24N4O2S/c1-21-7-9-22(10-8-21)19-20-12-17(26-19)18(24)23-6-5-14-11-16(25-2)4-3-15(14)13-23/h3-4,11-12H,5-10,13H2,1-2H3. The Morgan fingerprint density at radius 3 is 2.73 bits per heavy atom. The number of fused-ring (bicyclic) bond motifs is 1. The van der Waals surface area contributed by atoms with Gasteiger partial charge in [-0.05, 0) is 36.7 Å². The van der Waals surface area contributed by atoms with Crippen molar-refractivity contribution in [1.82, 2.24) is 14.8 Å². The fraction of sp³-hybridized carbons (Fsp3) is 0.474. The first-order valence-corrected chi connectivity index (χ1v) is 9.80. The first kappa shape index (κ1) is 17.3. The van der Waals surface area contributed by atoms with Crippen molar-refractivity contribution in [3.8, 4) is 5.75 Å². The second kappa shape index (κ2) is 7.25. The Kier molecular flexibility index (Phi) is 4.82. The fourth-order valence-corrected chi connectivity index (χ4v) is 4.43. The van der Waals surface area contributed by atoms with Crippen molar-refractivity contribution in [1.29, 1.82) is 0 Å². The van der Waals surface area contributed by atoms with Gasteiger partial charge in [0.15, 0.2) is 5.13 Å². The lowest BCUT2D eigenvalue weighted by Gasteiger charge is -2.32. The molecular formula is C19H24N4O2S. The number of anilines is 1. The van der Waals surface area contributed by atoms with E-state index in [2.05, 4.69) is 34.0 Å². The molecule has 0 aliphatic carbocycles. The molecule has 0 spiro atoms. The molecule has 3 heterocycles. The fourth-order valence-electron chi connectivity index (χ4n) is 3.49. The third-order valence-electron chi connectivity index (χ3n) is 5.19. The lowest BCUT2D eigenvalue weighted by atomic mass is 9.99. The highest BCUT2D eigenvalue weighted by Crippen LogP contribution is 2.28. The lowest BCUT2D eigenvalue weighted by molar-refractivity contribution is 0.0739. The number of ether oxygens (including phenoxy) is 1. The number of amides is 1. The normalized spacial score (nSPS) is 17.9. The molecule has 0 saturated carbocycles. The molecule has 1 aromatic carbocycles. The second-order valence-corrected chi connectivity index (χ2v) is 7.92. The summed E-state index contributed by atoms with van der Waals surface area (Å²) >= 11 is 1.51. The Hall–Kier alpha value is -2.12. The van der Waals surface area contributed by atoms with Gasteiger partial charge in [-0.2, -0.15) is 0 Å². The summed E-state index contributed by atoms with van der Waals surface area (Å²) < 4.78 is 5.30. The predicted octanol–water partition coefficient (Wildman–Crippen LogP) is 2.10. The minimum atomic E-state index is 0.0874. The molecule has 2 aromatic rings. The van der Waals surface area contributed by atoms with E-state index < -0.39 is 0 Å². The molecule has 26 heavy (non-hydrogen) atoms. The molecule has 0 N–H and O–H groups in total. The van der Waals surface area contributed by atoms with Crippen LogP contribution in [-0.2, 0) is 13.0 Å². The minimum Gasteiger partial charge on any atom is -0.497 e. The molecule has 1 aromatic heterocycles. The summed E-state index contributed by atoms with van der Waals surface area (Å²) in [5.41, 5.74) is 2.48. The monoisotopic (exact) mass is 372 g/mol. The van der Waals surface area contributed by atoms with Crippen LogP contribution in [0.4, 0.5) is 5.13 Å². The number of methoxy groups -OCH3 is 1. The largest absolute Gasteiger partial charge is 0.497 e. The number of nitrogens with zero attached hydrogens (tertiary/aromatic N) is 4. The second-order valence-electron chi connectivity index (χ2n) is 6.91. The van der Waals surface area contributed by atoms with E-state index in [1.807, 2.05) is 11.0 Å². The third-order valence-corrected chi connectivity index (χ3v) is 6.24. The van der Waals surface area contributed by atoms with Gasteiger partial charge in [-0.3, -0.25) is 4.79 Å². The maximum atomic E-state index is 12.9. The average Bonchev–Trinajstić information content (AvgIpc) is 3.17. The Morgan fingerprint density at radius 1 is 1.15 bits per heavy atom. The first-order valence-electron chi connectivity index (χ1n) is 8.98. The molecule has 1 fully saturated rings. The molecule has 7 heteroatoms. The summed E-state index contributed by atoms with van der Waals surface area (Å²) in [7, 11) is 3.82. The molecule has 1 saturated heterocycles. The smallest absolute Gasteiger partial charge is 0.265 e. The number of thiazole rings is 1. The van der Waals surface area contributed by atoms with Crippen LogP contribution in [0.1, 0.15) is 20.8 Å². The van der Waals surface area contributed by atoms with Gasteiger partial charge in [-0.15, -0.1) is 0 Å². The molecule has 0 bridgehead atoms. The van der Waals surface area contributed by atoms with Gasteiger partial charge in [0.2, 0.25) is 0 Å². The zero-order valence-corrected chi connectivity index (χ0v) is 16.1. The van der Waals surface area contributed by atoms with Crippen LogP contribution >= 0.6 is 11.3 Å². The molecule has 2 aliphatic heterocycles. The van der Waals surface area contributed by atoms with Crippen molar-refractivity contribution >= 4 is 22.4 Å². The van der Waals surface area contributed by atoms with Crippen molar-refractivity contribution in [3.05, 3.63) is 40.4 Å². The highest BCUT2D eigenvalue weighted by molar-refractivity contribution is 7.17. The van der Waals surface area contributed by atoms with Crippen molar-refractivity contribution in [2.45, 2.75) is 13.0 Å². The quantitative estimate of drug-likeness (QED) is 0.826. The van der Waals surface area contributed by atoms with Gasteiger partial charge in [0.1, 0.15) is 10.6 Å². The number of carbonyl (C=O) groups excluding carboxylic acids is 1. The van der Waals surface area contributed by atoms with Crippen LogP contribution in [0.2, 0.25) is 0 Å². The summed E-state index contributed by atoms with van der Waals surface area (Å²) in [6.07, 6.45) is 2.60. The van der Waals surface area contributed by atoms with E-state index in [-0.39, 0.29) is 5.91 Å². The van der Waals surface area contributed by atoms with Gasteiger partial charge in [-0.25, -0.2) is 4.98 Å². The Balaban J connectivity index is 1.45.